The Hall–Kier alpha value is -1.96. The highest BCUT2D eigenvalue weighted by Crippen LogP contribution is 2.24. The van der Waals surface area contributed by atoms with E-state index in [0.29, 0.717) is 12.1 Å². The number of carbonyl (C=O) groups excluding carboxylic acids is 1. The van der Waals surface area contributed by atoms with E-state index in [4.69, 9.17) is 0 Å². The fourth-order valence-electron chi connectivity index (χ4n) is 2.60. The molecular formula is C17H20BrN5O. The van der Waals surface area contributed by atoms with E-state index >= 15 is 0 Å². The Balaban J connectivity index is 1.59. The van der Waals surface area contributed by atoms with Gasteiger partial charge in [0.05, 0.1) is 11.9 Å². The van der Waals surface area contributed by atoms with Crippen LogP contribution in [0.25, 0.3) is 0 Å². The van der Waals surface area contributed by atoms with E-state index in [1.165, 1.54) is 0 Å². The van der Waals surface area contributed by atoms with Crippen molar-refractivity contribution >= 4 is 33.3 Å². The fourth-order valence-corrected chi connectivity index (χ4v) is 2.86. The first-order valence-electron chi connectivity index (χ1n) is 7.73. The van der Waals surface area contributed by atoms with Crippen LogP contribution in [0.15, 0.2) is 47.1 Å². The van der Waals surface area contributed by atoms with Crippen LogP contribution < -0.4 is 21.1 Å². The van der Waals surface area contributed by atoms with Crippen molar-refractivity contribution in [1.82, 2.24) is 15.8 Å². The lowest BCUT2D eigenvalue weighted by molar-refractivity contribution is -0.117. The number of carbonyl (C=O) groups is 1. The van der Waals surface area contributed by atoms with Gasteiger partial charge in [0, 0.05) is 24.6 Å². The molecule has 0 spiro atoms. The molecule has 2 heterocycles. The number of anilines is 2. The zero-order chi connectivity index (χ0) is 17.1. The van der Waals surface area contributed by atoms with Gasteiger partial charge in [0.2, 0.25) is 5.91 Å². The standard InChI is InChI=1S/C17H20BrN5O/c1-23(2)16-8-7-13(10-19-16)20-17(24)15-9-14(21-22-15)11-3-5-12(18)6-4-11/h3-8,10,14-15,21-22H,9H2,1-2H3,(H,20,24). The topological polar surface area (TPSA) is 69.3 Å². The van der Waals surface area contributed by atoms with Crippen LogP contribution in [-0.2, 0) is 4.79 Å². The largest absolute Gasteiger partial charge is 0.363 e. The first kappa shape index (κ1) is 16.9. The lowest BCUT2D eigenvalue weighted by Gasteiger charge is -2.13. The molecule has 3 N–H and O–H groups in total. The third-order valence-electron chi connectivity index (χ3n) is 3.97. The van der Waals surface area contributed by atoms with Crippen LogP contribution in [0.4, 0.5) is 11.5 Å². The Morgan fingerprint density at radius 2 is 1.96 bits per heavy atom. The molecule has 6 nitrogen and oxygen atoms in total. The van der Waals surface area contributed by atoms with Gasteiger partial charge in [0.15, 0.2) is 0 Å². The summed E-state index contributed by atoms with van der Waals surface area (Å²) in [5, 5.41) is 2.90. The molecule has 24 heavy (non-hydrogen) atoms. The van der Waals surface area contributed by atoms with Crippen LogP contribution in [0.5, 0.6) is 0 Å². The van der Waals surface area contributed by atoms with Gasteiger partial charge in [-0.2, -0.15) is 0 Å². The number of amides is 1. The number of halogens is 1. The highest BCUT2D eigenvalue weighted by Gasteiger charge is 2.30. The molecule has 0 radical (unpaired) electrons. The van der Waals surface area contributed by atoms with E-state index in [-0.39, 0.29) is 18.0 Å². The number of rotatable bonds is 4. The number of nitrogens with zero attached hydrogens (tertiary/aromatic N) is 2. The maximum Gasteiger partial charge on any atom is 0.242 e. The summed E-state index contributed by atoms with van der Waals surface area (Å²) in [6, 6.07) is 11.7. The van der Waals surface area contributed by atoms with E-state index in [9.17, 15) is 4.79 Å². The van der Waals surface area contributed by atoms with Crippen LogP contribution in [0.2, 0.25) is 0 Å². The number of benzene rings is 1. The van der Waals surface area contributed by atoms with Crippen molar-refractivity contribution in [3.63, 3.8) is 0 Å². The van der Waals surface area contributed by atoms with Crippen LogP contribution in [-0.4, -0.2) is 31.0 Å². The number of pyridine rings is 1. The first-order valence-corrected chi connectivity index (χ1v) is 8.53. The van der Waals surface area contributed by atoms with Crippen molar-refractivity contribution in [2.45, 2.75) is 18.5 Å². The Labute approximate surface area is 149 Å². The quantitative estimate of drug-likeness (QED) is 0.749. The highest BCUT2D eigenvalue weighted by atomic mass is 79.9. The van der Waals surface area contributed by atoms with Gasteiger partial charge in [0.25, 0.3) is 0 Å². The second-order valence-electron chi connectivity index (χ2n) is 5.97. The predicted octanol–water partition coefficient (Wildman–Crippen LogP) is 2.46. The molecule has 1 fully saturated rings. The minimum absolute atomic E-state index is 0.0680. The van der Waals surface area contributed by atoms with Gasteiger partial charge in [-0.1, -0.05) is 28.1 Å². The molecule has 2 aromatic rings. The summed E-state index contributed by atoms with van der Waals surface area (Å²) in [4.78, 5) is 18.6. The summed E-state index contributed by atoms with van der Waals surface area (Å²) in [6.07, 6.45) is 2.36. The van der Waals surface area contributed by atoms with Crippen molar-refractivity contribution in [3.8, 4) is 0 Å². The van der Waals surface area contributed by atoms with Crippen LogP contribution in [0.3, 0.4) is 0 Å². The summed E-state index contributed by atoms with van der Waals surface area (Å²) in [7, 11) is 3.86. The van der Waals surface area contributed by atoms with Gasteiger partial charge in [-0.05, 0) is 36.2 Å². The third kappa shape index (κ3) is 3.92. The molecule has 1 aromatic heterocycles. The lowest BCUT2D eigenvalue weighted by atomic mass is 10.0. The smallest absolute Gasteiger partial charge is 0.242 e. The van der Waals surface area contributed by atoms with Crippen LogP contribution in [0.1, 0.15) is 18.0 Å². The minimum atomic E-state index is -0.285. The molecule has 1 aliphatic heterocycles. The second kappa shape index (κ2) is 7.29. The molecule has 0 aliphatic carbocycles. The van der Waals surface area contributed by atoms with Crippen molar-refractivity contribution < 1.29 is 4.79 Å². The molecule has 7 heteroatoms. The normalized spacial score (nSPS) is 20.0. The molecule has 2 unspecified atom stereocenters. The van der Waals surface area contributed by atoms with E-state index in [1.54, 1.807) is 6.20 Å². The Bertz CT molecular complexity index is 702. The molecule has 1 aromatic carbocycles. The van der Waals surface area contributed by atoms with Gasteiger partial charge in [-0.15, -0.1) is 0 Å². The fraction of sp³-hybridized carbons (Fsp3) is 0.294. The van der Waals surface area contributed by atoms with E-state index in [0.717, 1.165) is 15.9 Å². The minimum Gasteiger partial charge on any atom is -0.363 e. The lowest BCUT2D eigenvalue weighted by Crippen LogP contribution is -2.39. The third-order valence-corrected chi connectivity index (χ3v) is 4.49. The van der Waals surface area contributed by atoms with Gasteiger partial charge >= 0.3 is 0 Å². The molecule has 1 saturated heterocycles. The van der Waals surface area contributed by atoms with Crippen molar-refractivity contribution in [1.29, 1.82) is 0 Å². The van der Waals surface area contributed by atoms with Crippen molar-refractivity contribution in [2.75, 3.05) is 24.3 Å². The molecule has 0 bridgehead atoms. The summed E-state index contributed by atoms with van der Waals surface area (Å²) < 4.78 is 1.04. The molecular weight excluding hydrogens is 370 g/mol. The maximum absolute atomic E-state index is 12.4. The predicted molar refractivity (Wildman–Crippen MR) is 98.8 cm³/mol. The van der Waals surface area contributed by atoms with E-state index in [2.05, 4.69) is 37.1 Å². The number of aromatic nitrogens is 1. The second-order valence-corrected chi connectivity index (χ2v) is 6.89. The first-order chi connectivity index (χ1) is 11.5. The Morgan fingerprint density at radius 1 is 1.21 bits per heavy atom. The van der Waals surface area contributed by atoms with Gasteiger partial charge in [-0.3, -0.25) is 4.79 Å². The van der Waals surface area contributed by atoms with E-state index in [1.807, 2.05) is 55.4 Å². The molecule has 1 amide bonds. The van der Waals surface area contributed by atoms with Crippen LogP contribution in [0, 0.1) is 0 Å². The van der Waals surface area contributed by atoms with Crippen LogP contribution >= 0.6 is 15.9 Å². The SMILES string of the molecule is CN(C)c1ccc(NC(=O)C2CC(c3ccc(Br)cc3)NN2)cn1. The number of hydrogen-bond donors (Lipinski definition) is 3. The molecule has 2 atom stereocenters. The summed E-state index contributed by atoms with van der Waals surface area (Å²) in [5.74, 6) is 0.783. The number of hydrogen-bond acceptors (Lipinski definition) is 5. The molecule has 0 saturated carbocycles. The molecule has 1 aliphatic rings. The summed E-state index contributed by atoms with van der Waals surface area (Å²) in [6.45, 7) is 0. The Morgan fingerprint density at radius 3 is 2.58 bits per heavy atom. The average Bonchev–Trinajstić information content (AvgIpc) is 3.06. The zero-order valence-electron chi connectivity index (χ0n) is 13.6. The van der Waals surface area contributed by atoms with Crippen molar-refractivity contribution in [2.24, 2.45) is 0 Å². The molecule has 3 rings (SSSR count). The summed E-state index contributed by atoms with van der Waals surface area (Å²) >= 11 is 3.43. The van der Waals surface area contributed by atoms with Gasteiger partial charge in [-0.25, -0.2) is 15.8 Å². The highest BCUT2D eigenvalue weighted by molar-refractivity contribution is 9.10. The van der Waals surface area contributed by atoms with Gasteiger partial charge < -0.3 is 10.2 Å². The van der Waals surface area contributed by atoms with Gasteiger partial charge in [0.1, 0.15) is 11.9 Å². The maximum atomic E-state index is 12.4. The summed E-state index contributed by atoms with van der Waals surface area (Å²) in [5.41, 5.74) is 8.10. The average molecular weight is 390 g/mol. The van der Waals surface area contributed by atoms with Crippen molar-refractivity contribution in [3.05, 3.63) is 52.6 Å². The molecule has 126 valence electrons. The number of hydrazine groups is 1. The van der Waals surface area contributed by atoms with E-state index < -0.39 is 0 Å². The monoisotopic (exact) mass is 389 g/mol. The Kier molecular flexibility index (Phi) is 5.13. The zero-order valence-corrected chi connectivity index (χ0v) is 15.2. The number of nitrogens with one attached hydrogen (secondary N) is 3.